The van der Waals surface area contributed by atoms with Gasteiger partial charge in [0.15, 0.2) is 0 Å². The molecule has 0 aromatic rings. The van der Waals surface area contributed by atoms with Gasteiger partial charge in [-0.15, -0.1) is 0 Å². The minimum Gasteiger partial charge on any atom is -0.353 e. The molecule has 0 radical (unpaired) electrons. The van der Waals surface area contributed by atoms with Crippen molar-refractivity contribution >= 4 is 5.71 Å². The Kier molecular flexibility index (Phi) is 4.79. The SMILES string of the molecule is CC1=C(C(C)C)C(CC(C)C)=NCN1C(C)C. The summed E-state index contributed by atoms with van der Waals surface area (Å²) in [4.78, 5) is 7.21. The molecule has 1 aliphatic heterocycles. The fourth-order valence-electron chi connectivity index (χ4n) is 2.58. The monoisotopic (exact) mass is 236 g/mol. The number of aliphatic imine (C=N–C) groups is 1. The number of allylic oxidation sites excluding steroid dienone is 2. The standard InChI is InChI=1S/C15H28N2/c1-10(2)8-14-15(11(3)4)13(7)17(9-16-14)12(5)6/h10-12H,8-9H2,1-7H3. The van der Waals surface area contributed by atoms with Crippen LogP contribution >= 0.6 is 0 Å². The molecule has 1 heterocycles. The second-order valence-corrected chi connectivity index (χ2v) is 6.06. The Labute approximate surface area is 107 Å². The predicted molar refractivity (Wildman–Crippen MR) is 76.3 cm³/mol. The number of hydrogen-bond donors (Lipinski definition) is 0. The van der Waals surface area contributed by atoms with Crippen LogP contribution in [0.4, 0.5) is 0 Å². The quantitative estimate of drug-likeness (QED) is 0.718. The van der Waals surface area contributed by atoms with Crippen molar-refractivity contribution in [2.75, 3.05) is 6.67 Å². The third kappa shape index (κ3) is 3.34. The summed E-state index contributed by atoms with van der Waals surface area (Å²) in [7, 11) is 0. The summed E-state index contributed by atoms with van der Waals surface area (Å²) in [5.41, 5.74) is 4.24. The van der Waals surface area contributed by atoms with Crippen LogP contribution in [0.25, 0.3) is 0 Å². The highest BCUT2D eigenvalue weighted by molar-refractivity contribution is 6.01. The minimum absolute atomic E-state index is 0.535. The van der Waals surface area contributed by atoms with Crippen LogP contribution in [0.2, 0.25) is 0 Å². The van der Waals surface area contributed by atoms with Crippen LogP contribution in [0.1, 0.15) is 54.9 Å². The van der Waals surface area contributed by atoms with Gasteiger partial charge < -0.3 is 4.90 Å². The largest absolute Gasteiger partial charge is 0.353 e. The van der Waals surface area contributed by atoms with E-state index >= 15 is 0 Å². The lowest BCUT2D eigenvalue weighted by atomic mass is 9.89. The third-order valence-electron chi connectivity index (χ3n) is 3.35. The number of nitrogens with zero attached hydrogens (tertiary/aromatic N) is 2. The van der Waals surface area contributed by atoms with E-state index in [-0.39, 0.29) is 0 Å². The summed E-state index contributed by atoms with van der Waals surface area (Å²) in [6.07, 6.45) is 1.11. The van der Waals surface area contributed by atoms with Crippen LogP contribution in [-0.2, 0) is 0 Å². The predicted octanol–water partition coefficient (Wildman–Crippen LogP) is 4.09. The Morgan fingerprint density at radius 3 is 2.12 bits per heavy atom. The van der Waals surface area contributed by atoms with E-state index in [4.69, 9.17) is 4.99 Å². The molecule has 0 bridgehead atoms. The first-order chi connectivity index (χ1) is 7.84. The zero-order valence-electron chi connectivity index (χ0n) is 12.5. The molecular weight excluding hydrogens is 208 g/mol. The van der Waals surface area contributed by atoms with Gasteiger partial charge in [-0.2, -0.15) is 0 Å². The van der Waals surface area contributed by atoms with Gasteiger partial charge in [-0.05, 0) is 44.6 Å². The fraction of sp³-hybridized carbons (Fsp3) is 0.800. The van der Waals surface area contributed by atoms with Crippen molar-refractivity contribution in [3.8, 4) is 0 Å². The summed E-state index contributed by atoms with van der Waals surface area (Å²) in [6.45, 7) is 16.7. The first-order valence-electron chi connectivity index (χ1n) is 6.85. The molecule has 98 valence electrons. The van der Waals surface area contributed by atoms with Crippen LogP contribution < -0.4 is 0 Å². The van der Waals surface area contributed by atoms with Crippen LogP contribution in [0, 0.1) is 11.8 Å². The summed E-state index contributed by atoms with van der Waals surface area (Å²) >= 11 is 0. The Morgan fingerprint density at radius 1 is 1.12 bits per heavy atom. The molecule has 0 unspecified atom stereocenters. The third-order valence-corrected chi connectivity index (χ3v) is 3.35. The van der Waals surface area contributed by atoms with E-state index in [2.05, 4.69) is 53.4 Å². The molecule has 0 aromatic carbocycles. The average Bonchev–Trinajstić information content (AvgIpc) is 2.15. The Balaban J connectivity index is 3.04. The Bertz CT molecular complexity index is 322. The lowest BCUT2D eigenvalue weighted by molar-refractivity contribution is 0.284. The van der Waals surface area contributed by atoms with Crippen molar-refractivity contribution < 1.29 is 0 Å². The van der Waals surface area contributed by atoms with Crippen LogP contribution in [0.15, 0.2) is 16.3 Å². The lowest BCUT2D eigenvalue weighted by Gasteiger charge is -2.35. The maximum Gasteiger partial charge on any atom is 0.110 e. The van der Waals surface area contributed by atoms with Gasteiger partial charge in [-0.3, -0.25) is 4.99 Å². The molecule has 2 heteroatoms. The molecule has 1 aliphatic rings. The average molecular weight is 236 g/mol. The number of hydrogen-bond acceptors (Lipinski definition) is 2. The maximum atomic E-state index is 4.81. The summed E-state index contributed by atoms with van der Waals surface area (Å²) in [5.74, 6) is 1.25. The molecule has 0 fully saturated rings. The van der Waals surface area contributed by atoms with Crippen molar-refractivity contribution in [2.24, 2.45) is 16.8 Å². The first kappa shape index (κ1) is 14.3. The molecule has 17 heavy (non-hydrogen) atoms. The zero-order chi connectivity index (χ0) is 13.2. The molecule has 0 atom stereocenters. The molecule has 0 saturated heterocycles. The maximum absolute atomic E-state index is 4.81. The molecule has 0 spiro atoms. The van der Waals surface area contributed by atoms with E-state index in [1.165, 1.54) is 17.0 Å². The van der Waals surface area contributed by atoms with E-state index in [9.17, 15) is 0 Å². The Morgan fingerprint density at radius 2 is 1.71 bits per heavy atom. The van der Waals surface area contributed by atoms with Gasteiger partial charge in [0.2, 0.25) is 0 Å². The molecular formula is C15H28N2. The van der Waals surface area contributed by atoms with Gasteiger partial charge in [0.05, 0.1) is 0 Å². The van der Waals surface area contributed by atoms with E-state index in [0.29, 0.717) is 17.9 Å². The summed E-state index contributed by atoms with van der Waals surface area (Å²) in [5, 5.41) is 0. The van der Waals surface area contributed by atoms with Crippen LogP contribution in [-0.4, -0.2) is 23.3 Å². The molecule has 1 rings (SSSR count). The van der Waals surface area contributed by atoms with E-state index in [1.54, 1.807) is 0 Å². The minimum atomic E-state index is 0.535. The van der Waals surface area contributed by atoms with Crippen molar-refractivity contribution in [2.45, 2.75) is 60.9 Å². The van der Waals surface area contributed by atoms with Gasteiger partial charge in [-0.25, -0.2) is 0 Å². The Hall–Kier alpha value is -0.790. The van der Waals surface area contributed by atoms with Crippen molar-refractivity contribution in [1.82, 2.24) is 4.90 Å². The van der Waals surface area contributed by atoms with Crippen LogP contribution in [0.5, 0.6) is 0 Å². The first-order valence-corrected chi connectivity index (χ1v) is 6.85. The highest BCUT2D eigenvalue weighted by atomic mass is 15.2. The van der Waals surface area contributed by atoms with E-state index in [1.807, 2.05) is 0 Å². The molecule has 0 aromatic heterocycles. The van der Waals surface area contributed by atoms with E-state index < -0.39 is 0 Å². The molecule has 0 amide bonds. The second kappa shape index (κ2) is 5.70. The molecule has 0 aliphatic carbocycles. The fourth-order valence-corrected chi connectivity index (χ4v) is 2.58. The molecule has 0 N–H and O–H groups in total. The van der Waals surface area contributed by atoms with Gasteiger partial charge >= 0.3 is 0 Å². The topological polar surface area (TPSA) is 15.6 Å². The van der Waals surface area contributed by atoms with Gasteiger partial charge in [-0.1, -0.05) is 27.7 Å². The van der Waals surface area contributed by atoms with Crippen molar-refractivity contribution in [3.05, 3.63) is 11.3 Å². The lowest BCUT2D eigenvalue weighted by Crippen LogP contribution is -2.36. The number of rotatable bonds is 4. The van der Waals surface area contributed by atoms with Crippen molar-refractivity contribution in [1.29, 1.82) is 0 Å². The zero-order valence-corrected chi connectivity index (χ0v) is 12.5. The molecule has 2 nitrogen and oxygen atoms in total. The highest BCUT2D eigenvalue weighted by Crippen LogP contribution is 2.27. The second-order valence-electron chi connectivity index (χ2n) is 6.06. The van der Waals surface area contributed by atoms with E-state index in [0.717, 1.165) is 13.1 Å². The van der Waals surface area contributed by atoms with Gasteiger partial charge in [0, 0.05) is 17.5 Å². The van der Waals surface area contributed by atoms with Gasteiger partial charge in [0.1, 0.15) is 6.67 Å². The van der Waals surface area contributed by atoms with Gasteiger partial charge in [0.25, 0.3) is 0 Å². The smallest absolute Gasteiger partial charge is 0.110 e. The van der Waals surface area contributed by atoms with Crippen LogP contribution in [0.3, 0.4) is 0 Å². The summed E-state index contributed by atoms with van der Waals surface area (Å²) < 4.78 is 0. The normalized spacial score (nSPS) is 17.5. The molecule has 0 saturated carbocycles. The summed E-state index contributed by atoms with van der Waals surface area (Å²) in [6, 6.07) is 0.535. The highest BCUT2D eigenvalue weighted by Gasteiger charge is 2.24. The van der Waals surface area contributed by atoms with Crippen molar-refractivity contribution in [3.63, 3.8) is 0 Å².